The minimum atomic E-state index is -4.44. The minimum Gasteiger partial charge on any atom is -0.455 e. The van der Waals surface area contributed by atoms with Crippen molar-refractivity contribution in [3.8, 4) is 17.6 Å². The summed E-state index contributed by atoms with van der Waals surface area (Å²) < 4.78 is 49.9. The molecule has 0 fully saturated rings. The molecular formula is C28H17F3N2O2. The molecule has 0 N–H and O–H groups in total. The maximum absolute atomic E-state index is 12.8. The zero-order valence-electron chi connectivity index (χ0n) is 18.4. The molecule has 2 aromatic heterocycles. The summed E-state index contributed by atoms with van der Waals surface area (Å²) in [4.78, 5) is 3.42. The SMILES string of the molecule is [C-]#[N+]/C(=C\c1ccc(-c2ccc(/C=C(\C#N)c3ccc(C)cc3)o2)o1)c1ccc(C(F)(F)F)cc1. The average Bonchev–Trinajstić information content (AvgIpc) is 3.51. The molecule has 0 radical (unpaired) electrons. The van der Waals surface area contributed by atoms with Gasteiger partial charge in [0.15, 0.2) is 17.2 Å². The van der Waals surface area contributed by atoms with Gasteiger partial charge < -0.3 is 8.83 Å². The highest BCUT2D eigenvalue weighted by molar-refractivity contribution is 5.89. The highest BCUT2D eigenvalue weighted by Crippen LogP contribution is 2.32. The summed E-state index contributed by atoms with van der Waals surface area (Å²) in [7, 11) is 0. The Kier molecular flexibility index (Phi) is 6.44. The third-order valence-electron chi connectivity index (χ3n) is 5.17. The van der Waals surface area contributed by atoms with E-state index in [9.17, 15) is 18.4 Å². The van der Waals surface area contributed by atoms with Gasteiger partial charge >= 0.3 is 6.18 Å². The molecule has 0 saturated carbocycles. The van der Waals surface area contributed by atoms with E-state index in [2.05, 4.69) is 10.9 Å². The van der Waals surface area contributed by atoms with Crippen molar-refractivity contribution < 1.29 is 22.0 Å². The number of benzene rings is 2. The number of nitriles is 1. The van der Waals surface area contributed by atoms with Crippen molar-refractivity contribution in [3.63, 3.8) is 0 Å². The van der Waals surface area contributed by atoms with Crippen LogP contribution in [0.3, 0.4) is 0 Å². The van der Waals surface area contributed by atoms with E-state index >= 15 is 0 Å². The summed E-state index contributed by atoms with van der Waals surface area (Å²) >= 11 is 0. The highest BCUT2D eigenvalue weighted by atomic mass is 19.4. The molecule has 2 heterocycles. The minimum absolute atomic E-state index is 0.138. The van der Waals surface area contributed by atoms with Crippen LogP contribution >= 0.6 is 0 Å². The highest BCUT2D eigenvalue weighted by Gasteiger charge is 2.30. The van der Waals surface area contributed by atoms with Gasteiger partial charge in [0.1, 0.15) is 11.5 Å². The Hall–Kier alpha value is -4.75. The lowest BCUT2D eigenvalue weighted by molar-refractivity contribution is -0.137. The molecule has 4 rings (SSSR count). The van der Waals surface area contributed by atoms with E-state index in [4.69, 9.17) is 15.4 Å². The first kappa shape index (κ1) is 23.4. The van der Waals surface area contributed by atoms with Crippen LogP contribution in [-0.2, 0) is 6.18 Å². The third kappa shape index (κ3) is 5.43. The van der Waals surface area contributed by atoms with Crippen molar-refractivity contribution in [2.45, 2.75) is 13.1 Å². The first-order valence-electron chi connectivity index (χ1n) is 10.4. The fourth-order valence-corrected chi connectivity index (χ4v) is 3.33. The molecule has 35 heavy (non-hydrogen) atoms. The number of rotatable bonds is 5. The molecule has 0 atom stereocenters. The van der Waals surface area contributed by atoms with E-state index in [0.717, 1.165) is 23.3 Å². The maximum atomic E-state index is 12.8. The van der Waals surface area contributed by atoms with E-state index in [0.29, 0.717) is 34.2 Å². The van der Waals surface area contributed by atoms with Gasteiger partial charge in [0.25, 0.3) is 0 Å². The van der Waals surface area contributed by atoms with Gasteiger partial charge in [0, 0.05) is 0 Å². The van der Waals surface area contributed by atoms with Crippen LogP contribution < -0.4 is 0 Å². The van der Waals surface area contributed by atoms with Crippen LogP contribution in [0.2, 0.25) is 0 Å². The van der Waals surface area contributed by atoms with Crippen molar-refractivity contribution in [2.75, 3.05) is 0 Å². The molecule has 4 nitrogen and oxygen atoms in total. The van der Waals surface area contributed by atoms with E-state index in [1.54, 1.807) is 30.3 Å². The molecule has 7 heteroatoms. The second-order valence-corrected chi connectivity index (χ2v) is 7.66. The van der Waals surface area contributed by atoms with Crippen LogP contribution in [0.4, 0.5) is 13.2 Å². The Balaban J connectivity index is 1.56. The normalized spacial score (nSPS) is 12.3. The molecule has 0 aliphatic heterocycles. The van der Waals surface area contributed by atoms with Gasteiger partial charge in [-0.15, -0.1) is 0 Å². The van der Waals surface area contributed by atoms with E-state index < -0.39 is 11.7 Å². The quantitative estimate of drug-likeness (QED) is 0.218. The Morgan fingerprint density at radius 1 is 0.829 bits per heavy atom. The van der Waals surface area contributed by atoms with Gasteiger partial charge in [0.2, 0.25) is 0 Å². The van der Waals surface area contributed by atoms with E-state index in [1.807, 2.05) is 31.2 Å². The molecule has 0 aliphatic rings. The standard InChI is InChI=1S/C28H17F3N2O2/c1-18-3-5-19(6-4-18)21(17-32)15-23-11-13-26(34-23)27-14-12-24(35-27)16-25(33-2)20-7-9-22(10-8-20)28(29,30)31/h3-16H,1H3/b21-15+,25-16-. The first-order valence-corrected chi connectivity index (χ1v) is 10.4. The molecular weight excluding hydrogens is 453 g/mol. The number of allylic oxidation sites excluding steroid dienone is 1. The zero-order valence-corrected chi connectivity index (χ0v) is 18.4. The van der Waals surface area contributed by atoms with Gasteiger partial charge in [-0.05, 0) is 54.5 Å². The second-order valence-electron chi connectivity index (χ2n) is 7.66. The summed E-state index contributed by atoms with van der Waals surface area (Å²) in [5, 5.41) is 9.53. The molecule has 0 bridgehead atoms. The Labute approximate surface area is 199 Å². The van der Waals surface area contributed by atoms with Crippen LogP contribution in [0.1, 0.15) is 33.8 Å². The number of aryl methyl sites for hydroxylation is 1. The summed E-state index contributed by atoms with van der Waals surface area (Å²) in [5.41, 5.74) is 2.02. The Bertz CT molecular complexity index is 1490. The second kappa shape index (κ2) is 9.62. The number of furan rings is 2. The Morgan fingerprint density at radius 3 is 1.89 bits per heavy atom. The third-order valence-corrected chi connectivity index (χ3v) is 5.17. The Morgan fingerprint density at radius 2 is 1.37 bits per heavy atom. The summed E-state index contributed by atoms with van der Waals surface area (Å²) in [5.74, 6) is 1.64. The predicted molar refractivity (Wildman–Crippen MR) is 127 cm³/mol. The molecule has 0 saturated heterocycles. The van der Waals surface area contributed by atoms with Crippen molar-refractivity contribution in [3.05, 3.63) is 118 Å². The lowest BCUT2D eigenvalue weighted by Gasteiger charge is -2.07. The largest absolute Gasteiger partial charge is 0.455 e. The monoisotopic (exact) mass is 470 g/mol. The topological polar surface area (TPSA) is 54.4 Å². The average molecular weight is 470 g/mol. The number of alkyl halides is 3. The van der Waals surface area contributed by atoms with E-state index in [1.165, 1.54) is 18.2 Å². The number of nitrogens with zero attached hydrogens (tertiary/aromatic N) is 2. The molecule has 2 aromatic carbocycles. The van der Waals surface area contributed by atoms with Crippen molar-refractivity contribution in [1.29, 1.82) is 5.26 Å². The predicted octanol–water partition coefficient (Wildman–Crippen LogP) is 8.35. The van der Waals surface area contributed by atoms with Crippen molar-refractivity contribution in [2.24, 2.45) is 0 Å². The van der Waals surface area contributed by atoms with Gasteiger partial charge in [-0.2, -0.15) is 18.4 Å². The lowest BCUT2D eigenvalue weighted by atomic mass is 10.0. The summed E-state index contributed by atoms with van der Waals surface area (Å²) in [6.45, 7) is 9.37. The first-order chi connectivity index (χ1) is 16.8. The van der Waals surface area contributed by atoms with Crippen molar-refractivity contribution in [1.82, 2.24) is 0 Å². The van der Waals surface area contributed by atoms with Crippen LogP contribution in [0.5, 0.6) is 0 Å². The van der Waals surface area contributed by atoms with Gasteiger partial charge in [0.05, 0.1) is 23.8 Å². The lowest BCUT2D eigenvalue weighted by Crippen LogP contribution is -2.04. The number of hydrogen-bond acceptors (Lipinski definition) is 3. The molecule has 0 spiro atoms. The number of halogens is 3. The zero-order chi connectivity index (χ0) is 25.0. The molecule has 0 unspecified atom stereocenters. The van der Waals surface area contributed by atoms with Gasteiger partial charge in [-0.1, -0.05) is 54.1 Å². The number of hydrogen-bond donors (Lipinski definition) is 0. The van der Waals surface area contributed by atoms with Crippen LogP contribution in [-0.4, -0.2) is 0 Å². The van der Waals surface area contributed by atoms with Crippen LogP contribution in [0, 0.1) is 24.8 Å². The van der Waals surface area contributed by atoms with Crippen LogP contribution in [0.15, 0.2) is 81.6 Å². The van der Waals surface area contributed by atoms with Gasteiger partial charge in [-0.25, -0.2) is 4.85 Å². The maximum Gasteiger partial charge on any atom is 0.416 e. The molecule has 0 amide bonds. The van der Waals surface area contributed by atoms with Crippen LogP contribution in [0.25, 0.3) is 39.8 Å². The molecule has 4 aromatic rings. The fraction of sp³-hybridized carbons (Fsp3) is 0.0714. The smallest absolute Gasteiger partial charge is 0.416 e. The van der Waals surface area contributed by atoms with Crippen molar-refractivity contribution >= 4 is 23.4 Å². The molecule has 0 aliphatic carbocycles. The van der Waals surface area contributed by atoms with Gasteiger partial charge in [-0.3, -0.25) is 0 Å². The summed E-state index contributed by atoms with van der Waals surface area (Å²) in [6, 6.07) is 20.8. The molecule has 172 valence electrons. The fourth-order valence-electron chi connectivity index (χ4n) is 3.33. The summed E-state index contributed by atoms with van der Waals surface area (Å²) in [6.07, 6.45) is -1.35. The van der Waals surface area contributed by atoms with E-state index in [-0.39, 0.29) is 5.70 Å².